The van der Waals surface area contributed by atoms with E-state index < -0.39 is 82.6 Å². The molecule has 1 heterocycles. The summed E-state index contributed by atoms with van der Waals surface area (Å²) in [7, 11) is 2.91. The Bertz CT molecular complexity index is 1310. The molecule has 1 aromatic rings. The van der Waals surface area contributed by atoms with Crippen molar-refractivity contribution in [2.24, 2.45) is 17.6 Å². The smallest absolute Gasteiger partial charge is 0.326 e. The van der Waals surface area contributed by atoms with Crippen LogP contribution in [0.4, 0.5) is 0 Å². The monoisotopic (exact) mass is 757 g/mol. The molecule has 4 amide bonds. The molecule has 51 heavy (non-hydrogen) atoms. The first-order valence-corrected chi connectivity index (χ1v) is 18.6. The zero-order valence-electron chi connectivity index (χ0n) is 30.6. The number of hydrogen-bond acceptors (Lipinski definition) is 8. The highest BCUT2D eigenvalue weighted by Crippen LogP contribution is 2.24. The highest BCUT2D eigenvalue weighted by atomic mass is 35.5. The first-order valence-electron chi connectivity index (χ1n) is 17.8. The van der Waals surface area contributed by atoms with Crippen molar-refractivity contribution in [3.8, 4) is 5.75 Å². The van der Waals surface area contributed by atoms with Gasteiger partial charge in [-0.05, 0) is 55.2 Å². The third-order valence-electron chi connectivity index (χ3n) is 9.55. The highest BCUT2D eigenvalue weighted by molar-refractivity contribution is 6.44. The van der Waals surface area contributed by atoms with E-state index in [-0.39, 0.29) is 18.7 Å². The number of amides is 4. The average molecular weight is 759 g/mol. The molecule has 0 saturated carbocycles. The van der Waals surface area contributed by atoms with Crippen LogP contribution < -0.4 is 11.1 Å². The van der Waals surface area contributed by atoms with Crippen LogP contribution in [-0.2, 0) is 30.4 Å². The summed E-state index contributed by atoms with van der Waals surface area (Å²) in [6.07, 6.45) is 3.62. The van der Waals surface area contributed by atoms with Crippen LogP contribution in [-0.4, -0.2) is 121 Å². The molecule has 0 bridgehead atoms. The molecular formula is C36H57Cl2N5O8. The second-order valence-corrected chi connectivity index (χ2v) is 15.5. The fraction of sp³-hybridized carbons (Fsp3) is 0.694. The zero-order chi connectivity index (χ0) is 38.6. The molecule has 6 atom stereocenters. The summed E-state index contributed by atoms with van der Waals surface area (Å²) in [5.74, 6) is -4.39. The molecule has 0 radical (unpaired) electrons. The summed E-state index contributed by atoms with van der Waals surface area (Å²) in [6, 6.07) is 1.02. The summed E-state index contributed by atoms with van der Waals surface area (Å²) in [4.78, 5) is 70.8. The number of aliphatic carboxylic acids is 1. The van der Waals surface area contributed by atoms with Gasteiger partial charge in [0.2, 0.25) is 17.7 Å². The molecule has 1 aliphatic heterocycles. The standard InChI is InChI=1S/C36H57Cl2N5O8/c1-21(2)29(40-32(46)31(45)25(39)12-9-7-8-10-14-28(37)38)34(48)42(6)30(22(3)4)35(49)41(5)27(20-23-15-17-24(44)18-16-23)33(47)43-19-11-13-26(43)36(50)51/h15-18,21-22,25-31,44-45H,7-14,19-20,39H2,1-6H3,(H,40,46)(H,50,51)/t25-,26-,27-,29+,30+,31-/m1/s1. The highest BCUT2D eigenvalue weighted by Gasteiger charge is 2.43. The number of carbonyl (C=O) groups is 5. The molecule has 1 aliphatic rings. The quantitative estimate of drug-likeness (QED) is 0.0981. The van der Waals surface area contributed by atoms with Crippen LogP contribution in [0, 0.1) is 11.8 Å². The van der Waals surface area contributed by atoms with Gasteiger partial charge in [0.25, 0.3) is 5.91 Å². The van der Waals surface area contributed by atoms with Gasteiger partial charge in [0.15, 0.2) is 0 Å². The van der Waals surface area contributed by atoms with Crippen molar-refractivity contribution in [3.63, 3.8) is 0 Å². The number of hydrogen-bond donors (Lipinski definition) is 5. The fourth-order valence-corrected chi connectivity index (χ4v) is 6.79. The lowest BCUT2D eigenvalue weighted by molar-refractivity contribution is -0.155. The number of unbranched alkanes of at least 4 members (excludes halogenated alkanes) is 3. The van der Waals surface area contributed by atoms with Crippen molar-refractivity contribution < 1.29 is 39.3 Å². The normalized spacial score (nSPS) is 17.6. The van der Waals surface area contributed by atoms with Crippen LogP contribution >= 0.6 is 23.2 Å². The minimum absolute atomic E-state index is 0.0254. The molecule has 288 valence electrons. The van der Waals surface area contributed by atoms with Crippen LogP contribution in [0.5, 0.6) is 5.75 Å². The van der Waals surface area contributed by atoms with Crippen molar-refractivity contribution in [2.75, 3.05) is 20.6 Å². The summed E-state index contributed by atoms with van der Waals surface area (Å²) >= 11 is 11.5. The number of carboxylic acid groups (broad SMARTS) is 1. The number of halogens is 2. The number of phenolic OH excluding ortho intramolecular Hbond substituents is 1. The number of nitrogens with zero attached hydrogens (tertiary/aromatic N) is 3. The zero-order valence-corrected chi connectivity index (χ0v) is 32.1. The Labute approximate surface area is 311 Å². The minimum Gasteiger partial charge on any atom is -0.508 e. The Morgan fingerprint density at radius 2 is 1.51 bits per heavy atom. The minimum atomic E-state index is -1.56. The van der Waals surface area contributed by atoms with Gasteiger partial charge in [0.1, 0.15) is 40.9 Å². The van der Waals surface area contributed by atoms with E-state index in [9.17, 15) is 39.3 Å². The maximum absolute atomic E-state index is 14.3. The second-order valence-electron chi connectivity index (χ2n) is 14.2. The molecule has 1 saturated heterocycles. The summed E-state index contributed by atoms with van der Waals surface area (Å²) in [5.41, 5.74) is 6.78. The topological polar surface area (TPSA) is 194 Å². The summed E-state index contributed by atoms with van der Waals surface area (Å²) < 4.78 is 0. The number of nitrogens with one attached hydrogen (secondary N) is 1. The van der Waals surface area contributed by atoms with Gasteiger partial charge in [-0.2, -0.15) is 0 Å². The van der Waals surface area contributed by atoms with Crippen molar-refractivity contribution in [1.29, 1.82) is 0 Å². The number of nitrogens with two attached hydrogens (primary N) is 1. The van der Waals surface area contributed by atoms with Crippen LogP contribution in [0.1, 0.15) is 84.6 Å². The second kappa shape index (κ2) is 20.8. The Hall–Kier alpha value is -3.13. The molecule has 1 fully saturated rings. The summed E-state index contributed by atoms with van der Waals surface area (Å²) in [6.45, 7) is 7.20. The van der Waals surface area contributed by atoms with E-state index in [4.69, 9.17) is 28.9 Å². The number of likely N-dealkylation sites (N-methyl/N-ethyl adjacent to an activating group) is 2. The van der Waals surface area contributed by atoms with Gasteiger partial charge in [0, 0.05) is 33.1 Å². The van der Waals surface area contributed by atoms with Gasteiger partial charge in [0.05, 0.1) is 0 Å². The van der Waals surface area contributed by atoms with Gasteiger partial charge in [-0.1, -0.05) is 65.5 Å². The number of likely N-dealkylation sites (tertiary alicyclic amines) is 1. The first-order chi connectivity index (χ1) is 23.9. The average Bonchev–Trinajstić information content (AvgIpc) is 3.57. The number of benzene rings is 1. The van der Waals surface area contributed by atoms with Crippen molar-refractivity contribution in [3.05, 3.63) is 29.8 Å². The van der Waals surface area contributed by atoms with Crippen molar-refractivity contribution >= 4 is 52.8 Å². The lowest BCUT2D eigenvalue weighted by Crippen LogP contribution is -2.61. The predicted molar refractivity (Wildman–Crippen MR) is 196 cm³/mol. The van der Waals surface area contributed by atoms with Gasteiger partial charge in [-0.15, -0.1) is 23.2 Å². The lowest BCUT2D eigenvalue weighted by atomic mass is 9.95. The fourth-order valence-electron chi connectivity index (χ4n) is 6.48. The Morgan fingerprint density at radius 1 is 0.922 bits per heavy atom. The Balaban J connectivity index is 2.25. The number of carbonyl (C=O) groups excluding carboxylic acids is 4. The maximum Gasteiger partial charge on any atom is 0.326 e. The number of aliphatic hydroxyl groups excluding tert-OH is 1. The molecule has 15 heteroatoms. The molecule has 1 aromatic carbocycles. The summed E-state index contributed by atoms with van der Waals surface area (Å²) in [5, 5.41) is 32.9. The van der Waals surface area contributed by atoms with Crippen LogP contribution in [0.2, 0.25) is 0 Å². The van der Waals surface area contributed by atoms with Crippen LogP contribution in [0.25, 0.3) is 0 Å². The third kappa shape index (κ3) is 12.8. The molecular weight excluding hydrogens is 701 g/mol. The lowest BCUT2D eigenvalue weighted by Gasteiger charge is -2.39. The Morgan fingerprint density at radius 3 is 2.04 bits per heavy atom. The van der Waals surface area contributed by atoms with E-state index in [1.54, 1.807) is 39.8 Å². The van der Waals surface area contributed by atoms with Crippen LogP contribution in [0.15, 0.2) is 24.3 Å². The van der Waals surface area contributed by atoms with Gasteiger partial charge >= 0.3 is 5.97 Å². The molecule has 0 spiro atoms. The van der Waals surface area contributed by atoms with E-state index >= 15 is 0 Å². The molecule has 13 nitrogen and oxygen atoms in total. The van der Waals surface area contributed by atoms with Gasteiger partial charge in [-0.3, -0.25) is 19.2 Å². The molecule has 0 aromatic heterocycles. The van der Waals surface area contributed by atoms with E-state index in [1.807, 2.05) is 0 Å². The SMILES string of the molecule is CC(C)[C@H](NC(=O)[C@H](O)[C@H](N)CCCCCCC(Cl)Cl)C(=O)N(C)[C@H](C(=O)N(C)[C@H](Cc1ccc(O)cc1)C(=O)N1CCC[C@@H]1C(=O)O)C(C)C. The number of carboxylic acids is 1. The molecule has 2 rings (SSSR count). The van der Waals surface area contributed by atoms with Crippen molar-refractivity contribution in [2.45, 2.75) is 127 Å². The third-order valence-corrected chi connectivity index (χ3v) is 9.99. The molecule has 0 unspecified atom stereocenters. The molecule has 0 aliphatic carbocycles. The van der Waals surface area contributed by atoms with E-state index in [0.29, 0.717) is 37.7 Å². The van der Waals surface area contributed by atoms with Gasteiger partial charge in [-0.25, -0.2) is 4.79 Å². The van der Waals surface area contributed by atoms with E-state index in [2.05, 4.69) is 5.32 Å². The van der Waals surface area contributed by atoms with Gasteiger partial charge < -0.3 is 41.1 Å². The Kier molecular flexibility index (Phi) is 18.0. The van der Waals surface area contributed by atoms with Crippen molar-refractivity contribution in [1.82, 2.24) is 20.0 Å². The molecule has 6 N–H and O–H groups in total. The maximum atomic E-state index is 14.3. The van der Waals surface area contributed by atoms with E-state index in [1.165, 1.54) is 40.9 Å². The number of phenols is 1. The predicted octanol–water partition coefficient (Wildman–Crippen LogP) is 3.29. The number of aromatic hydroxyl groups is 1. The number of aliphatic hydroxyl groups is 1. The number of alkyl halides is 2. The van der Waals surface area contributed by atoms with Crippen LogP contribution in [0.3, 0.4) is 0 Å². The van der Waals surface area contributed by atoms with E-state index in [0.717, 1.165) is 19.3 Å². The first kappa shape index (κ1) is 44.0. The number of rotatable bonds is 20. The largest absolute Gasteiger partial charge is 0.508 e.